The monoisotopic (exact) mass is 637 g/mol. The minimum Gasteiger partial charge on any atom is -0.310 e. The van der Waals surface area contributed by atoms with E-state index in [4.69, 9.17) is 0 Å². The van der Waals surface area contributed by atoms with Gasteiger partial charge in [0.25, 0.3) is 0 Å². The van der Waals surface area contributed by atoms with Crippen LogP contribution in [0, 0.1) is 0 Å². The van der Waals surface area contributed by atoms with Crippen molar-refractivity contribution >= 4 is 33.0 Å². The second-order valence-electron chi connectivity index (χ2n) is 11.8. The van der Waals surface area contributed by atoms with Crippen molar-refractivity contribution in [1.82, 2.24) is 0 Å². The highest BCUT2D eigenvalue weighted by Gasteiger charge is 2.51. The molecule has 2 aliphatic rings. The molecule has 0 amide bonds. The molecule has 0 saturated heterocycles. The minimum absolute atomic E-state index is 0.377. The molecule has 0 unspecified atom stereocenters. The summed E-state index contributed by atoms with van der Waals surface area (Å²) in [4.78, 5) is 2.38. The van der Waals surface area contributed by atoms with Crippen LogP contribution in [-0.4, -0.2) is 0 Å². The van der Waals surface area contributed by atoms with Crippen LogP contribution in [0.2, 0.25) is 0 Å². The number of benzene rings is 7. The van der Waals surface area contributed by atoms with Gasteiger partial charge in [0.05, 0.1) is 5.41 Å². The van der Waals surface area contributed by atoms with Gasteiger partial charge in [-0.15, -0.1) is 0 Å². The fraction of sp³-hybridized carbons (Fsp3) is 0.0233. The Balaban J connectivity index is 1.28. The first-order valence-corrected chi connectivity index (χ1v) is 16.2. The largest absolute Gasteiger partial charge is 0.310 e. The summed E-state index contributed by atoms with van der Waals surface area (Å²) >= 11 is 3.65. The molecule has 0 saturated carbocycles. The number of nitrogens with zero attached hydrogens (tertiary/aromatic N) is 1. The van der Waals surface area contributed by atoms with Gasteiger partial charge in [-0.3, -0.25) is 0 Å². The molecule has 0 heterocycles. The van der Waals surface area contributed by atoms with Gasteiger partial charge in [0.1, 0.15) is 0 Å². The zero-order valence-corrected chi connectivity index (χ0v) is 26.1. The van der Waals surface area contributed by atoms with Crippen LogP contribution in [0.15, 0.2) is 174 Å². The minimum atomic E-state index is -0.377. The maximum atomic E-state index is 3.65. The lowest BCUT2D eigenvalue weighted by molar-refractivity contribution is 0.793. The molecular formula is C43H28BrN. The van der Waals surface area contributed by atoms with E-state index in [-0.39, 0.29) is 5.41 Å². The normalized spacial score (nSPS) is 13.2. The second-order valence-corrected chi connectivity index (χ2v) is 12.8. The molecule has 7 aromatic rings. The fourth-order valence-electron chi connectivity index (χ4n) is 7.69. The molecule has 7 aromatic carbocycles. The lowest BCUT2D eigenvalue weighted by Gasteiger charge is -2.32. The average Bonchev–Trinajstić information content (AvgIpc) is 3.57. The van der Waals surface area contributed by atoms with E-state index in [1.54, 1.807) is 0 Å². The third kappa shape index (κ3) is 3.86. The highest BCUT2D eigenvalue weighted by molar-refractivity contribution is 9.10. The molecule has 0 bridgehead atoms. The Hall–Kier alpha value is -5.18. The summed E-state index contributed by atoms with van der Waals surface area (Å²) in [7, 11) is 0. The van der Waals surface area contributed by atoms with Gasteiger partial charge in [-0.05, 0) is 104 Å². The van der Waals surface area contributed by atoms with Gasteiger partial charge in [-0.2, -0.15) is 0 Å². The highest BCUT2D eigenvalue weighted by atomic mass is 79.9. The van der Waals surface area contributed by atoms with Crippen LogP contribution in [0.5, 0.6) is 0 Å². The smallest absolute Gasteiger partial charge is 0.0726 e. The molecule has 2 heteroatoms. The van der Waals surface area contributed by atoms with E-state index in [0.717, 1.165) is 21.5 Å². The first-order valence-electron chi connectivity index (χ1n) is 15.4. The van der Waals surface area contributed by atoms with Gasteiger partial charge >= 0.3 is 0 Å². The van der Waals surface area contributed by atoms with Gasteiger partial charge in [-0.1, -0.05) is 137 Å². The van der Waals surface area contributed by atoms with Crippen LogP contribution in [0.3, 0.4) is 0 Å². The predicted octanol–water partition coefficient (Wildman–Crippen LogP) is 11.9. The summed E-state index contributed by atoms with van der Waals surface area (Å²) in [6.45, 7) is 0. The summed E-state index contributed by atoms with van der Waals surface area (Å²) < 4.78 is 1.06. The van der Waals surface area contributed by atoms with Gasteiger partial charge < -0.3 is 4.90 Å². The second kappa shape index (κ2) is 10.2. The molecule has 9 rings (SSSR count). The Kier molecular flexibility index (Phi) is 5.94. The van der Waals surface area contributed by atoms with Crippen molar-refractivity contribution in [1.29, 1.82) is 0 Å². The zero-order valence-electron chi connectivity index (χ0n) is 24.5. The van der Waals surface area contributed by atoms with Crippen LogP contribution in [-0.2, 0) is 5.41 Å². The summed E-state index contributed by atoms with van der Waals surface area (Å²) in [5.41, 5.74) is 16.1. The van der Waals surface area contributed by atoms with Gasteiger partial charge in [-0.25, -0.2) is 0 Å². The van der Waals surface area contributed by atoms with Crippen LogP contribution in [0.25, 0.3) is 33.4 Å². The molecule has 0 fully saturated rings. The van der Waals surface area contributed by atoms with Crippen LogP contribution < -0.4 is 4.90 Å². The van der Waals surface area contributed by atoms with Crippen molar-refractivity contribution in [2.75, 3.05) is 4.90 Å². The van der Waals surface area contributed by atoms with Crippen molar-refractivity contribution in [3.63, 3.8) is 0 Å². The molecule has 212 valence electrons. The van der Waals surface area contributed by atoms with Crippen LogP contribution >= 0.6 is 15.9 Å². The van der Waals surface area contributed by atoms with E-state index in [1.165, 1.54) is 55.6 Å². The molecule has 1 spiro atoms. The summed E-state index contributed by atoms with van der Waals surface area (Å²) in [5.74, 6) is 0. The van der Waals surface area contributed by atoms with Crippen molar-refractivity contribution in [2.45, 2.75) is 5.41 Å². The quantitative estimate of drug-likeness (QED) is 0.185. The molecule has 0 aliphatic heterocycles. The van der Waals surface area contributed by atoms with E-state index in [0.29, 0.717) is 0 Å². The maximum absolute atomic E-state index is 3.65. The van der Waals surface area contributed by atoms with E-state index in [2.05, 4.69) is 191 Å². The third-order valence-corrected chi connectivity index (χ3v) is 10.1. The summed E-state index contributed by atoms with van der Waals surface area (Å²) in [6.07, 6.45) is 0. The Bertz CT molecular complexity index is 2150. The predicted molar refractivity (Wildman–Crippen MR) is 191 cm³/mol. The maximum Gasteiger partial charge on any atom is 0.0726 e. The van der Waals surface area contributed by atoms with Crippen molar-refractivity contribution in [2.24, 2.45) is 0 Å². The Morgan fingerprint density at radius 3 is 1.33 bits per heavy atom. The number of rotatable bonds is 4. The molecular weight excluding hydrogens is 610 g/mol. The van der Waals surface area contributed by atoms with E-state index < -0.39 is 0 Å². The average molecular weight is 639 g/mol. The van der Waals surface area contributed by atoms with E-state index in [1.807, 2.05) is 0 Å². The molecule has 0 radical (unpaired) electrons. The lowest BCUT2D eigenvalue weighted by atomic mass is 9.70. The molecule has 0 atom stereocenters. The molecule has 0 aromatic heterocycles. The van der Waals surface area contributed by atoms with E-state index in [9.17, 15) is 0 Å². The standard InChI is InChI=1S/C43H28BrN/c44-31-20-24-33(25-21-31)45(32-22-18-30(19-23-32)29-10-2-1-3-11-29)34-26-27-38-37-14-6-9-17-41(37)43(42(38)28-34)39-15-7-4-12-35(39)36-13-5-8-16-40(36)43/h1-28H. The van der Waals surface area contributed by atoms with Crippen molar-refractivity contribution < 1.29 is 0 Å². The first kappa shape index (κ1) is 26.2. The SMILES string of the molecule is Brc1ccc(N(c2ccc(-c3ccccc3)cc2)c2ccc3c(c2)C2(c4ccccc4-c4ccccc42)c2ccccc2-3)cc1. The topological polar surface area (TPSA) is 3.24 Å². The number of hydrogen-bond acceptors (Lipinski definition) is 1. The van der Waals surface area contributed by atoms with Crippen LogP contribution in [0.1, 0.15) is 22.3 Å². The molecule has 1 nitrogen and oxygen atoms in total. The van der Waals surface area contributed by atoms with Gasteiger partial charge in [0, 0.05) is 21.5 Å². The Morgan fingerprint density at radius 1 is 0.356 bits per heavy atom. The Morgan fingerprint density at radius 2 is 0.778 bits per heavy atom. The van der Waals surface area contributed by atoms with Gasteiger partial charge in [0.15, 0.2) is 0 Å². The Labute approximate surface area is 272 Å². The zero-order chi connectivity index (χ0) is 30.0. The van der Waals surface area contributed by atoms with Crippen molar-refractivity contribution in [3.05, 3.63) is 197 Å². The number of halogens is 1. The lowest BCUT2D eigenvalue weighted by Crippen LogP contribution is -2.26. The van der Waals surface area contributed by atoms with E-state index >= 15 is 0 Å². The van der Waals surface area contributed by atoms with Crippen LogP contribution in [0.4, 0.5) is 17.1 Å². The molecule has 45 heavy (non-hydrogen) atoms. The number of fused-ring (bicyclic) bond motifs is 10. The summed E-state index contributed by atoms with van der Waals surface area (Å²) in [5, 5.41) is 0. The van der Waals surface area contributed by atoms with Gasteiger partial charge in [0.2, 0.25) is 0 Å². The first-order chi connectivity index (χ1) is 22.2. The number of hydrogen-bond donors (Lipinski definition) is 0. The van der Waals surface area contributed by atoms with Crippen molar-refractivity contribution in [3.8, 4) is 33.4 Å². The molecule has 2 aliphatic carbocycles. The highest BCUT2D eigenvalue weighted by Crippen LogP contribution is 2.63. The number of anilines is 3. The summed E-state index contributed by atoms with van der Waals surface area (Å²) in [6, 6.07) is 62.2. The fourth-order valence-corrected chi connectivity index (χ4v) is 7.96. The third-order valence-electron chi connectivity index (χ3n) is 9.56. The molecule has 0 N–H and O–H groups in total.